The number of carbonyl (C=O) groups is 2. The summed E-state index contributed by atoms with van der Waals surface area (Å²) in [5.41, 5.74) is 3.55. The quantitative estimate of drug-likeness (QED) is 0.615. The van der Waals surface area contributed by atoms with Gasteiger partial charge in [0.15, 0.2) is 0 Å². The zero-order valence-electron chi connectivity index (χ0n) is 16.1. The molecule has 0 bridgehead atoms. The van der Waals surface area contributed by atoms with Crippen molar-refractivity contribution in [3.63, 3.8) is 0 Å². The van der Waals surface area contributed by atoms with E-state index in [1.54, 1.807) is 17.9 Å². The number of esters is 1. The number of amides is 1. The minimum absolute atomic E-state index is 0.0266. The Kier molecular flexibility index (Phi) is 5.21. The number of hydrogen-bond donors (Lipinski definition) is 0. The molecule has 0 N–H and O–H groups in total. The number of hydrogen-bond acceptors (Lipinski definition) is 3. The molecule has 1 aromatic carbocycles. The zero-order valence-corrected chi connectivity index (χ0v) is 16.1. The Hall–Kier alpha value is -2.36. The summed E-state index contributed by atoms with van der Waals surface area (Å²) in [6.45, 7) is 12.1. The van der Waals surface area contributed by atoms with Gasteiger partial charge in [-0.25, -0.2) is 4.79 Å². The summed E-state index contributed by atoms with van der Waals surface area (Å²) in [5, 5.41) is 0. The Morgan fingerprint density at radius 1 is 1.16 bits per heavy atom. The van der Waals surface area contributed by atoms with E-state index in [4.69, 9.17) is 4.74 Å². The van der Waals surface area contributed by atoms with Gasteiger partial charge < -0.3 is 9.64 Å². The number of methoxy groups -OCH3 is 1. The van der Waals surface area contributed by atoms with Crippen LogP contribution in [-0.4, -0.2) is 29.9 Å². The van der Waals surface area contributed by atoms with Crippen molar-refractivity contribution in [1.82, 2.24) is 4.90 Å². The summed E-state index contributed by atoms with van der Waals surface area (Å²) in [4.78, 5) is 26.7. The molecule has 0 spiro atoms. The fraction of sp³-hybridized carbons (Fsp3) is 0.429. The lowest BCUT2D eigenvalue weighted by Gasteiger charge is -2.22. The fourth-order valence-corrected chi connectivity index (χ4v) is 3.07. The van der Waals surface area contributed by atoms with Crippen molar-refractivity contribution in [1.29, 1.82) is 0 Å². The van der Waals surface area contributed by atoms with Gasteiger partial charge >= 0.3 is 5.97 Å². The van der Waals surface area contributed by atoms with Crippen LogP contribution in [0.3, 0.4) is 0 Å². The molecule has 0 aliphatic carbocycles. The molecular weight excluding hydrogens is 314 g/mol. The van der Waals surface area contributed by atoms with Crippen LogP contribution in [0, 0.1) is 0 Å². The van der Waals surface area contributed by atoms with E-state index in [0.717, 1.165) is 5.56 Å². The molecule has 0 unspecified atom stereocenters. The van der Waals surface area contributed by atoms with Gasteiger partial charge in [-0.3, -0.25) is 4.79 Å². The maximum absolute atomic E-state index is 12.8. The first-order valence-corrected chi connectivity index (χ1v) is 8.53. The second kappa shape index (κ2) is 6.87. The summed E-state index contributed by atoms with van der Waals surface area (Å²) >= 11 is 0. The SMILES string of the molecule is COC(=O)C1=C(C)N(C(C)C)C(=O)/C1=C\c1ccc(C(C)(C)C)cc1. The average molecular weight is 341 g/mol. The van der Waals surface area contributed by atoms with E-state index >= 15 is 0 Å². The topological polar surface area (TPSA) is 46.6 Å². The second-order valence-corrected chi connectivity index (χ2v) is 7.65. The van der Waals surface area contributed by atoms with Gasteiger partial charge in [-0.2, -0.15) is 0 Å². The number of nitrogens with zero attached hydrogens (tertiary/aromatic N) is 1. The lowest BCUT2D eigenvalue weighted by molar-refractivity contribution is -0.136. The molecule has 0 aromatic heterocycles. The van der Waals surface area contributed by atoms with Crippen LogP contribution in [0.2, 0.25) is 0 Å². The van der Waals surface area contributed by atoms with Gasteiger partial charge in [0.25, 0.3) is 5.91 Å². The van der Waals surface area contributed by atoms with Crippen LogP contribution < -0.4 is 0 Å². The predicted octanol–water partition coefficient (Wildman–Crippen LogP) is 4.07. The molecule has 25 heavy (non-hydrogen) atoms. The molecule has 0 saturated carbocycles. The molecule has 0 saturated heterocycles. The Morgan fingerprint density at radius 3 is 2.16 bits per heavy atom. The average Bonchev–Trinajstić information content (AvgIpc) is 2.77. The van der Waals surface area contributed by atoms with Gasteiger partial charge in [0.05, 0.1) is 18.3 Å². The molecule has 0 fully saturated rings. The number of benzene rings is 1. The lowest BCUT2D eigenvalue weighted by atomic mass is 9.86. The van der Waals surface area contributed by atoms with E-state index in [1.807, 2.05) is 26.0 Å². The van der Waals surface area contributed by atoms with Gasteiger partial charge in [-0.05, 0) is 43.4 Å². The van der Waals surface area contributed by atoms with E-state index in [2.05, 4.69) is 32.9 Å². The Labute approximate surface area is 150 Å². The molecule has 1 amide bonds. The predicted molar refractivity (Wildman–Crippen MR) is 99.8 cm³/mol. The second-order valence-electron chi connectivity index (χ2n) is 7.65. The van der Waals surface area contributed by atoms with E-state index < -0.39 is 5.97 Å². The first-order chi connectivity index (χ1) is 11.6. The van der Waals surface area contributed by atoms with Crippen molar-refractivity contribution >= 4 is 18.0 Å². The van der Waals surface area contributed by atoms with E-state index in [1.165, 1.54) is 12.7 Å². The van der Waals surface area contributed by atoms with Crippen LogP contribution in [0.25, 0.3) is 6.08 Å². The van der Waals surface area contributed by atoms with Crippen molar-refractivity contribution < 1.29 is 14.3 Å². The Morgan fingerprint density at radius 2 is 1.72 bits per heavy atom. The molecule has 0 atom stereocenters. The molecule has 2 rings (SSSR count). The summed E-state index contributed by atoms with van der Waals surface area (Å²) in [6.07, 6.45) is 1.77. The van der Waals surface area contributed by atoms with Crippen LogP contribution in [-0.2, 0) is 19.7 Å². The molecule has 0 radical (unpaired) electrons. The normalized spacial score (nSPS) is 17.0. The fourth-order valence-electron chi connectivity index (χ4n) is 3.07. The van der Waals surface area contributed by atoms with Gasteiger partial charge in [-0.15, -0.1) is 0 Å². The Bertz CT molecular complexity index is 746. The summed E-state index contributed by atoms with van der Waals surface area (Å²) in [6, 6.07) is 8.04. The molecule has 4 heteroatoms. The first kappa shape index (κ1) is 19.0. The van der Waals surface area contributed by atoms with Crippen LogP contribution >= 0.6 is 0 Å². The maximum atomic E-state index is 12.8. The van der Waals surface area contributed by atoms with Crippen LogP contribution in [0.4, 0.5) is 0 Å². The van der Waals surface area contributed by atoms with Crippen LogP contribution in [0.5, 0.6) is 0 Å². The molecule has 1 aromatic rings. The third-order valence-corrected chi connectivity index (χ3v) is 4.44. The summed E-state index contributed by atoms with van der Waals surface area (Å²) in [5.74, 6) is -0.639. The smallest absolute Gasteiger partial charge is 0.340 e. The number of allylic oxidation sites excluding steroid dienone is 1. The lowest BCUT2D eigenvalue weighted by Crippen LogP contribution is -2.31. The highest BCUT2D eigenvalue weighted by Crippen LogP contribution is 2.33. The van der Waals surface area contributed by atoms with Gasteiger partial charge in [-0.1, -0.05) is 45.0 Å². The number of ether oxygens (including phenoxy) is 1. The van der Waals surface area contributed by atoms with Crippen molar-refractivity contribution in [2.75, 3.05) is 7.11 Å². The third kappa shape index (κ3) is 3.68. The van der Waals surface area contributed by atoms with E-state index in [9.17, 15) is 9.59 Å². The molecule has 1 heterocycles. The number of rotatable bonds is 3. The van der Waals surface area contributed by atoms with Gasteiger partial charge in [0.2, 0.25) is 0 Å². The minimum atomic E-state index is -0.480. The molecule has 134 valence electrons. The molecular formula is C21H27NO3. The first-order valence-electron chi connectivity index (χ1n) is 8.53. The van der Waals surface area contributed by atoms with Crippen molar-refractivity contribution in [2.45, 2.75) is 53.0 Å². The summed E-state index contributed by atoms with van der Waals surface area (Å²) in [7, 11) is 1.33. The van der Waals surface area contributed by atoms with Crippen molar-refractivity contribution in [3.8, 4) is 0 Å². The largest absolute Gasteiger partial charge is 0.465 e. The van der Waals surface area contributed by atoms with Crippen molar-refractivity contribution in [2.24, 2.45) is 0 Å². The standard InChI is InChI=1S/C21H27NO3/c1-13(2)22-14(3)18(20(24)25-7)17(19(22)23)12-15-8-10-16(11-9-15)21(4,5)6/h8-13H,1-7H3/b17-12-. The number of carbonyl (C=O) groups excluding carboxylic acids is 2. The highest BCUT2D eigenvalue weighted by atomic mass is 16.5. The summed E-state index contributed by atoms with van der Waals surface area (Å²) < 4.78 is 4.90. The highest BCUT2D eigenvalue weighted by molar-refractivity contribution is 6.16. The van der Waals surface area contributed by atoms with Gasteiger partial charge in [0, 0.05) is 11.7 Å². The molecule has 1 aliphatic heterocycles. The zero-order chi connectivity index (χ0) is 18.9. The van der Waals surface area contributed by atoms with Gasteiger partial charge in [0.1, 0.15) is 0 Å². The van der Waals surface area contributed by atoms with E-state index in [-0.39, 0.29) is 17.4 Å². The third-order valence-electron chi connectivity index (χ3n) is 4.44. The Balaban J connectivity index is 2.50. The maximum Gasteiger partial charge on any atom is 0.340 e. The molecule has 1 aliphatic rings. The molecule has 4 nitrogen and oxygen atoms in total. The minimum Gasteiger partial charge on any atom is -0.465 e. The monoisotopic (exact) mass is 341 g/mol. The van der Waals surface area contributed by atoms with Crippen molar-refractivity contribution in [3.05, 3.63) is 52.2 Å². The van der Waals surface area contributed by atoms with E-state index in [0.29, 0.717) is 16.8 Å². The highest BCUT2D eigenvalue weighted by Gasteiger charge is 2.38. The van der Waals surface area contributed by atoms with Crippen LogP contribution in [0.15, 0.2) is 41.1 Å². The van der Waals surface area contributed by atoms with Crippen LogP contribution in [0.1, 0.15) is 52.7 Å².